The molecule has 9 heteroatoms. The molecule has 0 aromatic carbocycles. The molecule has 1 aliphatic heterocycles. The first-order valence-electron chi connectivity index (χ1n) is 7.09. The van der Waals surface area contributed by atoms with E-state index < -0.39 is 49.1 Å². The number of carboxylic acid groups (broad SMARTS) is 1. The van der Waals surface area contributed by atoms with Crippen molar-refractivity contribution in [2.45, 2.75) is 56.8 Å². The van der Waals surface area contributed by atoms with Crippen LogP contribution in [0.3, 0.4) is 0 Å². The molecule has 5 atom stereocenters. The van der Waals surface area contributed by atoms with E-state index in [2.05, 4.69) is 5.32 Å². The number of rotatable bonds is 8. The summed E-state index contributed by atoms with van der Waals surface area (Å²) in [7, 11) is 0. The van der Waals surface area contributed by atoms with E-state index in [-0.39, 0.29) is 13.0 Å². The number of carboxylic acids is 1. The second-order valence-electron chi connectivity index (χ2n) is 5.15. The summed E-state index contributed by atoms with van der Waals surface area (Å²) in [5, 5.41) is 39.9. The molecule has 0 radical (unpaired) electrons. The fourth-order valence-electron chi connectivity index (χ4n) is 2.19. The lowest BCUT2D eigenvalue weighted by Gasteiger charge is -2.42. The number of amides is 1. The second-order valence-corrected chi connectivity index (χ2v) is 5.15. The Kier molecular flexibility index (Phi) is 7.69. The number of hydrogen-bond donors (Lipinski definition) is 5. The van der Waals surface area contributed by atoms with Gasteiger partial charge in [-0.25, -0.2) is 0 Å². The van der Waals surface area contributed by atoms with Gasteiger partial charge in [-0.15, -0.1) is 0 Å². The Labute approximate surface area is 127 Å². The summed E-state index contributed by atoms with van der Waals surface area (Å²) in [5.74, 6) is -1.33. The van der Waals surface area contributed by atoms with Crippen molar-refractivity contribution in [3.8, 4) is 0 Å². The van der Waals surface area contributed by atoms with Gasteiger partial charge in [-0.1, -0.05) is 0 Å². The molecule has 5 N–H and O–H groups in total. The minimum Gasteiger partial charge on any atom is -0.481 e. The minimum atomic E-state index is -1.35. The van der Waals surface area contributed by atoms with Gasteiger partial charge >= 0.3 is 5.97 Å². The highest BCUT2D eigenvalue weighted by Crippen LogP contribution is 2.22. The number of nitrogens with one attached hydrogen (secondary N) is 1. The Bertz CT molecular complexity index is 377. The summed E-state index contributed by atoms with van der Waals surface area (Å²) in [4.78, 5) is 21.6. The number of aliphatic carboxylic acids is 1. The van der Waals surface area contributed by atoms with E-state index in [1.54, 1.807) is 0 Å². The quantitative estimate of drug-likeness (QED) is 0.329. The van der Waals surface area contributed by atoms with Crippen LogP contribution in [0.1, 0.15) is 26.2 Å². The standard InChI is InChI=1S/C13H23NO8/c1-7(16)14-10-12(20)11(19)8(6-15)22-13(10)21-5-3-2-4-9(17)18/h8,10-13,15,19-20H,2-6H2,1H3,(H,14,16)(H,17,18)/t8-,10?,11+,12-,13-/m1/s1. The van der Waals surface area contributed by atoms with Gasteiger partial charge in [0.2, 0.25) is 5.91 Å². The third kappa shape index (κ3) is 5.50. The Balaban J connectivity index is 2.57. The van der Waals surface area contributed by atoms with Crippen LogP contribution in [-0.4, -0.2) is 76.2 Å². The molecule has 1 heterocycles. The van der Waals surface area contributed by atoms with Crippen molar-refractivity contribution in [2.75, 3.05) is 13.2 Å². The van der Waals surface area contributed by atoms with Crippen molar-refractivity contribution < 1.29 is 39.5 Å². The van der Waals surface area contributed by atoms with E-state index in [4.69, 9.17) is 19.7 Å². The first kappa shape index (κ1) is 18.8. The van der Waals surface area contributed by atoms with Crippen LogP contribution >= 0.6 is 0 Å². The average molecular weight is 321 g/mol. The lowest BCUT2D eigenvalue weighted by Crippen LogP contribution is -2.64. The van der Waals surface area contributed by atoms with E-state index >= 15 is 0 Å². The highest BCUT2D eigenvalue weighted by molar-refractivity contribution is 5.73. The number of carbonyl (C=O) groups is 2. The van der Waals surface area contributed by atoms with Gasteiger partial charge in [0.25, 0.3) is 0 Å². The lowest BCUT2D eigenvalue weighted by atomic mass is 9.97. The molecule has 1 aliphatic rings. The number of carbonyl (C=O) groups excluding carboxylic acids is 1. The summed E-state index contributed by atoms with van der Waals surface area (Å²) in [5.41, 5.74) is 0. The molecule has 0 aliphatic carbocycles. The Hall–Kier alpha value is -1.26. The Morgan fingerprint density at radius 3 is 2.45 bits per heavy atom. The van der Waals surface area contributed by atoms with Gasteiger partial charge in [-0.2, -0.15) is 0 Å². The van der Waals surface area contributed by atoms with Crippen LogP contribution in [0.15, 0.2) is 0 Å². The molecule has 0 spiro atoms. The predicted molar refractivity (Wildman–Crippen MR) is 72.8 cm³/mol. The molecule has 9 nitrogen and oxygen atoms in total. The smallest absolute Gasteiger partial charge is 0.303 e. The number of unbranched alkanes of at least 4 members (excludes halogenated alkanes) is 1. The third-order valence-corrected chi connectivity index (χ3v) is 3.32. The van der Waals surface area contributed by atoms with Crippen molar-refractivity contribution in [3.63, 3.8) is 0 Å². The van der Waals surface area contributed by atoms with Crippen LogP contribution in [0.5, 0.6) is 0 Å². The first-order chi connectivity index (χ1) is 10.4. The van der Waals surface area contributed by atoms with E-state index in [9.17, 15) is 19.8 Å². The largest absolute Gasteiger partial charge is 0.481 e. The van der Waals surface area contributed by atoms with Crippen LogP contribution < -0.4 is 5.32 Å². The van der Waals surface area contributed by atoms with Gasteiger partial charge in [-0.05, 0) is 12.8 Å². The maximum atomic E-state index is 11.2. The van der Waals surface area contributed by atoms with E-state index in [0.29, 0.717) is 12.8 Å². The number of ether oxygens (including phenoxy) is 2. The van der Waals surface area contributed by atoms with Gasteiger partial charge in [0, 0.05) is 20.0 Å². The van der Waals surface area contributed by atoms with E-state index in [1.165, 1.54) is 6.92 Å². The molecule has 128 valence electrons. The SMILES string of the molecule is CC(=O)NC1[C@H](OCCCCC(=O)O)O[C@H](CO)[C@H](O)[C@@H]1O. The van der Waals surface area contributed by atoms with Gasteiger partial charge in [0.05, 0.1) is 6.61 Å². The third-order valence-electron chi connectivity index (χ3n) is 3.32. The molecule has 1 unspecified atom stereocenters. The highest BCUT2D eigenvalue weighted by atomic mass is 16.7. The van der Waals surface area contributed by atoms with Crippen molar-refractivity contribution in [1.82, 2.24) is 5.32 Å². The van der Waals surface area contributed by atoms with Crippen molar-refractivity contribution in [1.29, 1.82) is 0 Å². The molecular weight excluding hydrogens is 298 g/mol. The van der Waals surface area contributed by atoms with Crippen LogP contribution in [0.25, 0.3) is 0 Å². The van der Waals surface area contributed by atoms with Gasteiger partial charge in [0.1, 0.15) is 24.4 Å². The van der Waals surface area contributed by atoms with Crippen molar-refractivity contribution in [3.05, 3.63) is 0 Å². The Morgan fingerprint density at radius 1 is 1.23 bits per heavy atom. The highest BCUT2D eigenvalue weighted by Gasteiger charge is 2.45. The Morgan fingerprint density at radius 2 is 1.91 bits per heavy atom. The van der Waals surface area contributed by atoms with Crippen LogP contribution in [0, 0.1) is 0 Å². The zero-order valence-corrected chi connectivity index (χ0v) is 12.3. The second kappa shape index (κ2) is 9.01. The summed E-state index contributed by atoms with van der Waals surface area (Å²) in [6.45, 7) is 0.903. The zero-order valence-electron chi connectivity index (χ0n) is 12.3. The van der Waals surface area contributed by atoms with Crippen LogP contribution in [0.2, 0.25) is 0 Å². The molecule has 1 amide bonds. The summed E-state index contributed by atoms with van der Waals surface area (Å²) < 4.78 is 10.8. The normalized spacial score (nSPS) is 31.7. The summed E-state index contributed by atoms with van der Waals surface area (Å²) in [6.07, 6.45) is -3.87. The molecule has 0 bridgehead atoms. The predicted octanol–water partition coefficient (Wildman–Crippen LogP) is -1.80. The molecule has 0 saturated carbocycles. The van der Waals surface area contributed by atoms with Gasteiger partial charge in [0.15, 0.2) is 6.29 Å². The monoisotopic (exact) mass is 321 g/mol. The molecule has 1 saturated heterocycles. The molecule has 0 aromatic rings. The van der Waals surface area contributed by atoms with Crippen LogP contribution in [0.4, 0.5) is 0 Å². The average Bonchev–Trinajstić information content (AvgIpc) is 2.45. The number of aliphatic hydroxyl groups excluding tert-OH is 3. The fourth-order valence-corrected chi connectivity index (χ4v) is 2.19. The first-order valence-corrected chi connectivity index (χ1v) is 7.09. The van der Waals surface area contributed by atoms with Crippen LogP contribution in [-0.2, 0) is 19.1 Å². The van der Waals surface area contributed by atoms with Gasteiger partial charge < -0.3 is 35.2 Å². The molecule has 22 heavy (non-hydrogen) atoms. The maximum Gasteiger partial charge on any atom is 0.303 e. The maximum absolute atomic E-state index is 11.2. The van der Waals surface area contributed by atoms with Crippen molar-refractivity contribution in [2.24, 2.45) is 0 Å². The summed E-state index contributed by atoms with van der Waals surface area (Å²) in [6, 6.07) is -0.977. The van der Waals surface area contributed by atoms with E-state index in [0.717, 1.165) is 0 Å². The lowest BCUT2D eigenvalue weighted by molar-refractivity contribution is -0.270. The zero-order chi connectivity index (χ0) is 16.7. The van der Waals surface area contributed by atoms with E-state index in [1.807, 2.05) is 0 Å². The molecule has 0 aromatic heterocycles. The summed E-state index contributed by atoms with van der Waals surface area (Å²) >= 11 is 0. The topological polar surface area (TPSA) is 146 Å². The molecular formula is C13H23NO8. The van der Waals surface area contributed by atoms with Gasteiger partial charge in [-0.3, -0.25) is 9.59 Å². The molecule has 1 rings (SSSR count). The number of aliphatic hydroxyl groups is 3. The van der Waals surface area contributed by atoms with Crippen molar-refractivity contribution >= 4 is 11.9 Å². The number of hydrogen-bond acceptors (Lipinski definition) is 7. The minimum absolute atomic E-state index is 0.0185. The fraction of sp³-hybridized carbons (Fsp3) is 0.846. The molecule has 1 fully saturated rings.